The molecule has 0 saturated carbocycles. The molecule has 1 aromatic carbocycles. The van der Waals surface area contributed by atoms with E-state index in [0.29, 0.717) is 36.9 Å². The lowest BCUT2D eigenvalue weighted by atomic mass is 10.0. The molecule has 1 aromatic heterocycles. The Kier molecular flexibility index (Phi) is 5.53. The summed E-state index contributed by atoms with van der Waals surface area (Å²) >= 11 is 0. The molecule has 8 heteroatoms. The molecule has 1 aliphatic rings. The van der Waals surface area contributed by atoms with Crippen LogP contribution in [0.15, 0.2) is 18.2 Å². The van der Waals surface area contributed by atoms with Crippen molar-refractivity contribution in [3.05, 3.63) is 46.8 Å². The van der Waals surface area contributed by atoms with E-state index < -0.39 is 29.4 Å². The molecule has 27 heavy (non-hydrogen) atoms. The van der Waals surface area contributed by atoms with Crippen LogP contribution in [0.3, 0.4) is 0 Å². The lowest BCUT2D eigenvalue weighted by molar-refractivity contribution is -0.141. The number of nitrogens with zero attached hydrogens (tertiary/aromatic N) is 2. The van der Waals surface area contributed by atoms with Crippen molar-refractivity contribution in [2.24, 2.45) is 5.92 Å². The highest BCUT2D eigenvalue weighted by atomic mass is 19.2. The monoisotopic (exact) mass is 377 g/mol. The standard InChI is InChI=1S/C19H21F2N3O3/c1-2-5-11(19(26)27)10-22-18(25)17-12-6-3-8-14(12)24(23-17)15-9-4-7-13(20)16(15)21/h4,7,9,11H,2-3,5-6,8,10H2,1H3,(H,22,25)(H,26,27). The van der Waals surface area contributed by atoms with Crippen LogP contribution >= 0.6 is 0 Å². The Morgan fingerprint density at radius 3 is 2.81 bits per heavy atom. The van der Waals surface area contributed by atoms with Gasteiger partial charge in [-0.2, -0.15) is 5.10 Å². The molecule has 0 saturated heterocycles. The molecule has 0 spiro atoms. The number of hydrogen-bond acceptors (Lipinski definition) is 3. The van der Waals surface area contributed by atoms with E-state index in [-0.39, 0.29) is 17.9 Å². The van der Waals surface area contributed by atoms with Crippen LogP contribution in [0.4, 0.5) is 8.78 Å². The van der Waals surface area contributed by atoms with Crippen LogP contribution in [0, 0.1) is 17.6 Å². The average molecular weight is 377 g/mol. The van der Waals surface area contributed by atoms with Gasteiger partial charge in [-0.05, 0) is 37.8 Å². The van der Waals surface area contributed by atoms with Crippen molar-refractivity contribution in [3.8, 4) is 5.69 Å². The Morgan fingerprint density at radius 1 is 1.33 bits per heavy atom. The fourth-order valence-electron chi connectivity index (χ4n) is 3.44. The fourth-order valence-corrected chi connectivity index (χ4v) is 3.44. The molecule has 144 valence electrons. The second-order valence-corrected chi connectivity index (χ2v) is 6.65. The molecule has 0 radical (unpaired) electrons. The van der Waals surface area contributed by atoms with Gasteiger partial charge in [-0.1, -0.05) is 19.4 Å². The summed E-state index contributed by atoms with van der Waals surface area (Å²) < 4.78 is 29.1. The predicted molar refractivity (Wildman–Crippen MR) is 93.9 cm³/mol. The number of fused-ring (bicyclic) bond motifs is 1. The number of halogens is 2. The number of carboxylic acids is 1. The molecule has 6 nitrogen and oxygen atoms in total. The number of rotatable bonds is 7. The second-order valence-electron chi connectivity index (χ2n) is 6.65. The highest BCUT2D eigenvalue weighted by molar-refractivity contribution is 5.94. The van der Waals surface area contributed by atoms with Gasteiger partial charge in [-0.25, -0.2) is 13.5 Å². The summed E-state index contributed by atoms with van der Waals surface area (Å²) in [6.45, 7) is 1.87. The lowest BCUT2D eigenvalue weighted by Gasteiger charge is -2.12. The van der Waals surface area contributed by atoms with E-state index in [1.54, 1.807) is 0 Å². The van der Waals surface area contributed by atoms with Gasteiger partial charge in [0.15, 0.2) is 17.3 Å². The minimum atomic E-state index is -1.02. The van der Waals surface area contributed by atoms with Crippen LogP contribution in [-0.4, -0.2) is 33.3 Å². The van der Waals surface area contributed by atoms with E-state index in [4.69, 9.17) is 0 Å². The van der Waals surface area contributed by atoms with Crippen molar-refractivity contribution in [2.75, 3.05) is 6.54 Å². The summed E-state index contributed by atoms with van der Waals surface area (Å²) in [5, 5.41) is 16.0. The van der Waals surface area contributed by atoms with Crippen molar-refractivity contribution in [1.82, 2.24) is 15.1 Å². The first-order valence-electron chi connectivity index (χ1n) is 9.00. The first kappa shape index (κ1) is 19.0. The molecule has 2 aromatic rings. The maximum absolute atomic E-state index is 14.2. The van der Waals surface area contributed by atoms with Gasteiger partial charge in [-0.3, -0.25) is 9.59 Å². The minimum Gasteiger partial charge on any atom is -0.481 e. The topological polar surface area (TPSA) is 84.2 Å². The lowest BCUT2D eigenvalue weighted by Crippen LogP contribution is -2.33. The van der Waals surface area contributed by atoms with E-state index in [0.717, 1.165) is 12.5 Å². The summed E-state index contributed by atoms with van der Waals surface area (Å²) in [7, 11) is 0. The van der Waals surface area contributed by atoms with Crippen LogP contribution in [0.25, 0.3) is 5.69 Å². The largest absolute Gasteiger partial charge is 0.481 e. The summed E-state index contributed by atoms with van der Waals surface area (Å²) in [5.41, 5.74) is 1.50. The Morgan fingerprint density at radius 2 is 2.11 bits per heavy atom. The van der Waals surface area contributed by atoms with Crippen LogP contribution < -0.4 is 5.32 Å². The number of hydrogen-bond donors (Lipinski definition) is 2. The smallest absolute Gasteiger partial charge is 0.308 e. The van der Waals surface area contributed by atoms with E-state index in [1.165, 1.54) is 16.8 Å². The zero-order valence-corrected chi connectivity index (χ0v) is 15.0. The molecule has 3 rings (SSSR count). The fraction of sp³-hybridized carbons (Fsp3) is 0.421. The number of amides is 1. The summed E-state index contributed by atoms with van der Waals surface area (Å²) in [5.74, 6) is -4.13. The second kappa shape index (κ2) is 7.85. The van der Waals surface area contributed by atoms with Crippen molar-refractivity contribution in [1.29, 1.82) is 0 Å². The van der Waals surface area contributed by atoms with Crippen molar-refractivity contribution in [3.63, 3.8) is 0 Å². The van der Waals surface area contributed by atoms with Gasteiger partial charge in [-0.15, -0.1) is 0 Å². The maximum Gasteiger partial charge on any atom is 0.308 e. The van der Waals surface area contributed by atoms with Crippen LogP contribution in [0.2, 0.25) is 0 Å². The molecule has 0 fully saturated rings. The van der Waals surface area contributed by atoms with Crippen molar-refractivity contribution < 1.29 is 23.5 Å². The van der Waals surface area contributed by atoms with Gasteiger partial charge in [0, 0.05) is 17.8 Å². The molecule has 0 bridgehead atoms. The number of benzene rings is 1. The summed E-state index contributed by atoms with van der Waals surface area (Å²) in [6, 6.07) is 3.82. The van der Waals surface area contributed by atoms with E-state index >= 15 is 0 Å². The van der Waals surface area contributed by atoms with E-state index in [2.05, 4.69) is 10.4 Å². The number of carbonyl (C=O) groups excluding carboxylic acids is 1. The SMILES string of the molecule is CCCC(CNC(=O)c1nn(-c2cccc(F)c2F)c2c1CCC2)C(=O)O. The zero-order chi connectivity index (χ0) is 19.6. The van der Waals surface area contributed by atoms with Gasteiger partial charge >= 0.3 is 5.97 Å². The highest BCUT2D eigenvalue weighted by Gasteiger charge is 2.29. The Balaban J connectivity index is 1.88. The molecular formula is C19H21F2N3O3. The van der Waals surface area contributed by atoms with E-state index in [9.17, 15) is 23.5 Å². The number of aromatic nitrogens is 2. The van der Waals surface area contributed by atoms with Gasteiger partial charge in [0.05, 0.1) is 5.92 Å². The molecular weight excluding hydrogens is 356 g/mol. The first-order valence-corrected chi connectivity index (χ1v) is 9.00. The number of carboxylic acid groups (broad SMARTS) is 1. The van der Waals surface area contributed by atoms with Gasteiger partial charge in [0.25, 0.3) is 5.91 Å². The predicted octanol–water partition coefficient (Wildman–Crippen LogP) is 2.87. The molecule has 2 N–H and O–H groups in total. The Hall–Kier alpha value is -2.77. The number of nitrogens with one attached hydrogen (secondary N) is 1. The molecule has 1 unspecified atom stereocenters. The Bertz CT molecular complexity index is 879. The quantitative estimate of drug-likeness (QED) is 0.777. The third kappa shape index (κ3) is 3.70. The Labute approximate surface area is 155 Å². The zero-order valence-electron chi connectivity index (χ0n) is 15.0. The van der Waals surface area contributed by atoms with Gasteiger partial charge in [0.1, 0.15) is 5.69 Å². The third-order valence-corrected chi connectivity index (χ3v) is 4.80. The van der Waals surface area contributed by atoms with E-state index in [1.807, 2.05) is 6.92 Å². The maximum atomic E-state index is 14.2. The van der Waals surface area contributed by atoms with Gasteiger partial charge < -0.3 is 10.4 Å². The number of carbonyl (C=O) groups is 2. The van der Waals surface area contributed by atoms with Crippen LogP contribution in [0.5, 0.6) is 0 Å². The highest BCUT2D eigenvalue weighted by Crippen LogP contribution is 2.29. The van der Waals surface area contributed by atoms with Gasteiger partial charge in [0.2, 0.25) is 0 Å². The normalized spacial score (nSPS) is 14.0. The number of aliphatic carboxylic acids is 1. The summed E-state index contributed by atoms with van der Waals surface area (Å²) in [6.07, 6.45) is 3.16. The van der Waals surface area contributed by atoms with Crippen LogP contribution in [0.1, 0.15) is 47.9 Å². The van der Waals surface area contributed by atoms with Crippen molar-refractivity contribution in [2.45, 2.75) is 39.0 Å². The molecule has 1 atom stereocenters. The average Bonchev–Trinajstić information content (AvgIpc) is 3.23. The van der Waals surface area contributed by atoms with Crippen molar-refractivity contribution >= 4 is 11.9 Å². The molecule has 1 heterocycles. The third-order valence-electron chi connectivity index (χ3n) is 4.80. The molecule has 1 amide bonds. The first-order chi connectivity index (χ1) is 12.9. The molecule has 0 aliphatic heterocycles. The van der Waals surface area contributed by atoms with Crippen LogP contribution in [-0.2, 0) is 17.6 Å². The molecule has 1 aliphatic carbocycles. The minimum absolute atomic E-state index is 0.00202. The summed E-state index contributed by atoms with van der Waals surface area (Å²) in [4.78, 5) is 23.8.